The van der Waals surface area contributed by atoms with Crippen molar-refractivity contribution in [2.75, 3.05) is 20.8 Å². The Balaban J connectivity index is 0.000000474. The van der Waals surface area contributed by atoms with Crippen LogP contribution in [0.25, 0.3) is 0 Å². The Labute approximate surface area is 227 Å². The molecule has 1 unspecified atom stereocenters. The maximum Gasteiger partial charge on any atom is 0.325 e. The molecule has 0 saturated carbocycles. The van der Waals surface area contributed by atoms with Gasteiger partial charge in [-0.25, -0.2) is 9.37 Å². The van der Waals surface area contributed by atoms with E-state index in [1.54, 1.807) is 18.2 Å². The SMILES string of the molecule is COc1cccc(F)c1.COc1ccnc(C(=S)NCC(=O)OC(C)Cc2ccc(C)cc2)c1OC(C)=O. The van der Waals surface area contributed by atoms with E-state index < -0.39 is 11.9 Å². The molecule has 0 spiro atoms. The zero-order chi connectivity index (χ0) is 28.1. The second-order valence-corrected chi connectivity index (χ2v) is 8.53. The minimum Gasteiger partial charge on any atom is -0.497 e. The standard InChI is InChI=1S/C21H24N2O5S.C7H7FO/c1-13-5-7-16(8-6-13)11-14(2)27-18(25)12-23-21(29)19-20(28-15(3)24)17(26-4)9-10-22-19;1-9-7-4-2-3-6(8)5-7/h5-10,14H,11-12H2,1-4H3,(H,23,29);2-5H,1H3. The van der Waals surface area contributed by atoms with Gasteiger partial charge >= 0.3 is 11.9 Å². The Morgan fingerprint density at radius 1 is 1.08 bits per heavy atom. The average molecular weight is 543 g/mol. The van der Waals surface area contributed by atoms with Crippen LogP contribution in [0.4, 0.5) is 4.39 Å². The molecule has 2 aromatic carbocycles. The molecule has 0 fully saturated rings. The van der Waals surface area contributed by atoms with E-state index in [0.29, 0.717) is 17.9 Å². The molecule has 38 heavy (non-hydrogen) atoms. The quantitative estimate of drug-likeness (QED) is 0.307. The van der Waals surface area contributed by atoms with E-state index in [2.05, 4.69) is 10.3 Å². The van der Waals surface area contributed by atoms with E-state index in [0.717, 1.165) is 5.56 Å². The first-order valence-electron chi connectivity index (χ1n) is 11.7. The van der Waals surface area contributed by atoms with Crippen molar-refractivity contribution in [3.8, 4) is 17.2 Å². The molecule has 0 aliphatic heterocycles. The number of methoxy groups -OCH3 is 2. The Hall–Kier alpha value is -4.05. The number of esters is 2. The summed E-state index contributed by atoms with van der Waals surface area (Å²) in [6, 6.07) is 15.6. The van der Waals surface area contributed by atoms with Crippen LogP contribution in [0.2, 0.25) is 0 Å². The molecule has 10 heteroatoms. The minimum atomic E-state index is -0.537. The van der Waals surface area contributed by atoms with E-state index in [1.807, 2.05) is 38.1 Å². The molecule has 202 valence electrons. The fourth-order valence-electron chi connectivity index (χ4n) is 3.19. The number of aromatic nitrogens is 1. The molecule has 0 saturated heterocycles. The van der Waals surface area contributed by atoms with Crippen LogP contribution in [0.3, 0.4) is 0 Å². The second kappa shape index (κ2) is 15.3. The maximum atomic E-state index is 12.3. The van der Waals surface area contributed by atoms with Crippen LogP contribution in [0, 0.1) is 12.7 Å². The van der Waals surface area contributed by atoms with Crippen LogP contribution in [-0.2, 0) is 20.7 Å². The number of nitrogens with zero attached hydrogens (tertiary/aromatic N) is 1. The van der Waals surface area contributed by atoms with Gasteiger partial charge in [0.15, 0.2) is 5.75 Å². The molecule has 1 N–H and O–H groups in total. The smallest absolute Gasteiger partial charge is 0.325 e. The van der Waals surface area contributed by atoms with E-state index in [9.17, 15) is 14.0 Å². The van der Waals surface area contributed by atoms with Crippen molar-refractivity contribution in [3.05, 3.63) is 83.4 Å². The van der Waals surface area contributed by atoms with E-state index in [1.165, 1.54) is 45.0 Å². The van der Waals surface area contributed by atoms with E-state index in [4.69, 9.17) is 31.2 Å². The number of thiocarbonyl (C=S) groups is 1. The topological polar surface area (TPSA) is 96.0 Å². The predicted molar refractivity (Wildman–Crippen MR) is 145 cm³/mol. The summed E-state index contributed by atoms with van der Waals surface area (Å²) in [5.74, 6) is -0.303. The van der Waals surface area contributed by atoms with Gasteiger partial charge in [-0.2, -0.15) is 0 Å². The number of hydrogen-bond acceptors (Lipinski definition) is 8. The molecule has 0 aliphatic carbocycles. The normalized spacial score (nSPS) is 10.8. The molecule has 0 radical (unpaired) electrons. The molecule has 1 atom stereocenters. The highest BCUT2D eigenvalue weighted by molar-refractivity contribution is 7.80. The third-order valence-electron chi connectivity index (χ3n) is 4.95. The minimum absolute atomic E-state index is 0.0982. The Morgan fingerprint density at radius 2 is 1.79 bits per heavy atom. The van der Waals surface area contributed by atoms with Crippen molar-refractivity contribution < 1.29 is 32.9 Å². The summed E-state index contributed by atoms with van der Waals surface area (Å²) in [6.07, 6.45) is 1.80. The van der Waals surface area contributed by atoms with E-state index >= 15 is 0 Å². The summed E-state index contributed by atoms with van der Waals surface area (Å²) in [6.45, 7) is 4.97. The molecule has 0 aliphatic rings. The van der Waals surface area contributed by atoms with E-state index in [-0.39, 0.29) is 34.9 Å². The summed E-state index contributed by atoms with van der Waals surface area (Å²) >= 11 is 5.29. The predicted octanol–water partition coefficient (Wildman–Crippen LogP) is 4.60. The number of benzene rings is 2. The van der Waals surface area contributed by atoms with Crippen LogP contribution in [0.1, 0.15) is 30.7 Å². The lowest BCUT2D eigenvalue weighted by molar-refractivity contribution is -0.146. The monoisotopic (exact) mass is 542 g/mol. The van der Waals surface area contributed by atoms with Gasteiger partial charge in [0.2, 0.25) is 5.75 Å². The maximum absolute atomic E-state index is 12.3. The lowest BCUT2D eigenvalue weighted by atomic mass is 10.1. The molecule has 3 aromatic rings. The largest absolute Gasteiger partial charge is 0.497 e. The Morgan fingerprint density at radius 3 is 2.37 bits per heavy atom. The molecule has 1 heterocycles. The first-order chi connectivity index (χ1) is 18.1. The first kappa shape index (κ1) is 30.2. The van der Waals surface area contributed by atoms with Crippen LogP contribution < -0.4 is 19.5 Å². The number of ether oxygens (including phenoxy) is 4. The Kier molecular flexibility index (Phi) is 12.1. The Bertz CT molecular complexity index is 1240. The van der Waals surface area contributed by atoms with Gasteiger partial charge in [-0.1, -0.05) is 48.1 Å². The molecular weight excluding hydrogens is 511 g/mol. The fraction of sp³-hybridized carbons (Fsp3) is 0.286. The third-order valence-corrected chi connectivity index (χ3v) is 5.29. The number of pyridine rings is 1. The average Bonchev–Trinajstić information content (AvgIpc) is 2.88. The highest BCUT2D eigenvalue weighted by Crippen LogP contribution is 2.29. The number of hydrogen-bond donors (Lipinski definition) is 1. The van der Waals surface area contributed by atoms with Crippen molar-refractivity contribution in [2.45, 2.75) is 33.3 Å². The third kappa shape index (κ3) is 10.1. The highest BCUT2D eigenvalue weighted by Gasteiger charge is 2.19. The molecule has 0 bridgehead atoms. The van der Waals surface area contributed by atoms with Crippen molar-refractivity contribution >= 4 is 29.1 Å². The zero-order valence-corrected chi connectivity index (χ0v) is 22.8. The van der Waals surface area contributed by atoms with Gasteiger partial charge in [0.05, 0.1) is 14.2 Å². The van der Waals surface area contributed by atoms with Gasteiger partial charge in [-0.05, 0) is 31.5 Å². The van der Waals surface area contributed by atoms with Gasteiger partial charge in [-0.15, -0.1) is 0 Å². The summed E-state index contributed by atoms with van der Waals surface area (Å²) in [7, 11) is 2.95. The second-order valence-electron chi connectivity index (χ2n) is 8.12. The summed E-state index contributed by atoms with van der Waals surface area (Å²) < 4.78 is 32.8. The van der Waals surface area contributed by atoms with Crippen molar-refractivity contribution in [3.63, 3.8) is 0 Å². The van der Waals surface area contributed by atoms with Crippen LogP contribution in [0.5, 0.6) is 17.2 Å². The summed E-state index contributed by atoms with van der Waals surface area (Å²) in [5, 5.41) is 2.79. The number of halogens is 1. The first-order valence-corrected chi connectivity index (χ1v) is 12.1. The van der Waals surface area contributed by atoms with Gasteiger partial charge in [0.1, 0.15) is 34.9 Å². The van der Waals surface area contributed by atoms with Gasteiger partial charge in [0, 0.05) is 31.7 Å². The number of aryl methyl sites for hydroxylation is 1. The van der Waals surface area contributed by atoms with Crippen LogP contribution >= 0.6 is 12.2 Å². The number of rotatable bonds is 9. The molecule has 8 nitrogen and oxygen atoms in total. The van der Waals surface area contributed by atoms with Crippen LogP contribution in [-0.4, -0.2) is 48.8 Å². The lowest BCUT2D eigenvalue weighted by Gasteiger charge is -2.16. The highest BCUT2D eigenvalue weighted by atomic mass is 32.1. The number of carbonyl (C=O) groups is 2. The van der Waals surface area contributed by atoms with Gasteiger partial charge < -0.3 is 24.3 Å². The number of carbonyl (C=O) groups excluding carboxylic acids is 2. The van der Waals surface area contributed by atoms with Crippen molar-refractivity contribution in [1.82, 2.24) is 10.3 Å². The summed E-state index contributed by atoms with van der Waals surface area (Å²) in [5.41, 5.74) is 2.47. The molecule has 1 aromatic heterocycles. The summed E-state index contributed by atoms with van der Waals surface area (Å²) in [4.78, 5) is 27.8. The number of nitrogens with one attached hydrogen (secondary N) is 1. The lowest BCUT2D eigenvalue weighted by Crippen LogP contribution is -2.32. The van der Waals surface area contributed by atoms with Crippen molar-refractivity contribution in [2.24, 2.45) is 0 Å². The van der Waals surface area contributed by atoms with Crippen LogP contribution in [0.15, 0.2) is 60.8 Å². The van der Waals surface area contributed by atoms with Gasteiger partial charge in [0.25, 0.3) is 0 Å². The van der Waals surface area contributed by atoms with Crippen molar-refractivity contribution in [1.29, 1.82) is 0 Å². The zero-order valence-electron chi connectivity index (χ0n) is 21.9. The van der Waals surface area contributed by atoms with Gasteiger partial charge in [-0.3, -0.25) is 9.59 Å². The molecule has 3 rings (SSSR count). The molecular formula is C28H31FN2O6S. The molecule has 0 amide bonds. The fourth-order valence-corrected chi connectivity index (χ4v) is 3.41.